The Morgan fingerprint density at radius 2 is 1.62 bits per heavy atom. The molecule has 2 heteroatoms. The Labute approximate surface area is 158 Å². The van der Waals surface area contributed by atoms with Crippen molar-refractivity contribution in [1.82, 2.24) is 4.90 Å². The van der Waals surface area contributed by atoms with Gasteiger partial charge < -0.3 is 10.0 Å². The third-order valence-corrected chi connectivity index (χ3v) is 5.97. The second-order valence-electron chi connectivity index (χ2n) is 8.64. The fourth-order valence-corrected chi connectivity index (χ4v) is 4.29. The molecule has 0 bridgehead atoms. The van der Waals surface area contributed by atoms with Crippen LogP contribution in [0.5, 0.6) is 5.75 Å². The van der Waals surface area contributed by atoms with E-state index in [0.29, 0.717) is 11.7 Å². The van der Waals surface area contributed by atoms with Crippen LogP contribution in [0.4, 0.5) is 0 Å². The molecular formula is C24H33NO. The first kappa shape index (κ1) is 19.0. The zero-order valence-corrected chi connectivity index (χ0v) is 16.8. The number of phenols is 1. The molecule has 26 heavy (non-hydrogen) atoms. The quantitative estimate of drug-likeness (QED) is 0.733. The Hall–Kier alpha value is -1.80. The summed E-state index contributed by atoms with van der Waals surface area (Å²) in [5.41, 5.74) is 4.76. The van der Waals surface area contributed by atoms with Crippen LogP contribution < -0.4 is 0 Å². The van der Waals surface area contributed by atoms with E-state index >= 15 is 0 Å². The van der Waals surface area contributed by atoms with Crippen molar-refractivity contribution in [2.75, 3.05) is 14.1 Å². The number of hydrogen-bond acceptors (Lipinski definition) is 2. The fraction of sp³-hybridized carbons (Fsp3) is 0.500. The number of nitrogens with zero attached hydrogens (tertiary/aromatic N) is 1. The summed E-state index contributed by atoms with van der Waals surface area (Å²) in [7, 11) is 4.13. The van der Waals surface area contributed by atoms with Gasteiger partial charge in [-0.1, -0.05) is 69.5 Å². The average molecular weight is 352 g/mol. The van der Waals surface area contributed by atoms with Crippen LogP contribution in [0.15, 0.2) is 42.5 Å². The molecular weight excluding hydrogens is 318 g/mol. The van der Waals surface area contributed by atoms with E-state index < -0.39 is 0 Å². The van der Waals surface area contributed by atoms with E-state index in [1.165, 1.54) is 48.8 Å². The molecule has 0 aliphatic heterocycles. The summed E-state index contributed by atoms with van der Waals surface area (Å²) in [6.07, 6.45) is 6.28. The van der Waals surface area contributed by atoms with Gasteiger partial charge in [0, 0.05) is 17.5 Å². The standard InChI is InChI=1S/C24H33NO/c1-24(2,20-13-9-6-10-14-20)21-15-19(17-25(3)4)23(26)22(16-21)18-11-7-5-8-12-18/h6,9-10,13-16,18,26H,5,7-8,11-12,17H2,1-4H3. The lowest BCUT2D eigenvalue weighted by Crippen LogP contribution is -2.21. The van der Waals surface area contributed by atoms with Gasteiger partial charge in [-0.05, 0) is 55.6 Å². The van der Waals surface area contributed by atoms with Crippen LogP contribution >= 0.6 is 0 Å². The molecule has 0 atom stereocenters. The van der Waals surface area contributed by atoms with Crippen LogP contribution in [0.1, 0.15) is 74.1 Å². The molecule has 140 valence electrons. The van der Waals surface area contributed by atoms with Crippen LogP contribution in [-0.4, -0.2) is 24.1 Å². The average Bonchev–Trinajstić information content (AvgIpc) is 2.64. The van der Waals surface area contributed by atoms with Crippen molar-refractivity contribution in [3.8, 4) is 5.75 Å². The summed E-state index contributed by atoms with van der Waals surface area (Å²) in [6.45, 7) is 5.35. The predicted molar refractivity (Wildman–Crippen MR) is 110 cm³/mol. The molecule has 0 heterocycles. The Kier molecular flexibility index (Phi) is 5.72. The maximum Gasteiger partial charge on any atom is 0.123 e. The van der Waals surface area contributed by atoms with Gasteiger partial charge in [-0.2, -0.15) is 0 Å². The molecule has 2 aromatic rings. The van der Waals surface area contributed by atoms with Gasteiger partial charge in [-0.3, -0.25) is 0 Å². The van der Waals surface area contributed by atoms with Gasteiger partial charge in [-0.25, -0.2) is 0 Å². The molecule has 0 aromatic heterocycles. The minimum atomic E-state index is -0.0839. The van der Waals surface area contributed by atoms with E-state index in [2.05, 4.69) is 75.3 Å². The minimum absolute atomic E-state index is 0.0839. The van der Waals surface area contributed by atoms with Crippen molar-refractivity contribution in [2.24, 2.45) is 0 Å². The van der Waals surface area contributed by atoms with Crippen molar-refractivity contribution in [1.29, 1.82) is 0 Å². The molecule has 0 amide bonds. The smallest absolute Gasteiger partial charge is 0.123 e. The maximum absolute atomic E-state index is 11.0. The highest BCUT2D eigenvalue weighted by atomic mass is 16.3. The zero-order chi connectivity index (χ0) is 18.7. The van der Waals surface area contributed by atoms with Crippen LogP contribution in [0.2, 0.25) is 0 Å². The Balaban J connectivity index is 2.09. The van der Waals surface area contributed by atoms with Gasteiger partial charge in [0.1, 0.15) is 5.75 Å². The molecule has 1 aliphatic carbocycles. The highest BCUT2D eigenvalue weighted by molar-refractivity contribution is 5.50. The van der Waals surface area contributed by atoms with E-state index in [1.54, 1.807) is 0 Å². The van der Waals surface area contributed by atoms with Crippen LogP contribution in [0.25, 0.3) is 0 Å². The Bertz CT molecular complexity index is 727. The molecule has 1 N–H and O–H groups in total. The van der Waals surface area contributed by atoms with Gasteiger partial charge in [0.05, 0.1) is 0 Å². The lowest BCUT2D eigenvalue weighted by molar-refractivity contribution is 0.375. The third kappa shape index (κ3) is 3.96. The van der Waals surface area contributed by atoms with E-state index in [9.17, 15) is 5.11 Å². The SMILES string of the molecule is CN(C)Cc1cc(C(C)(C)c2ccccc2)cc(C2CCCCC2)c1O. The first-order chi connectivity index (χ1) is 12.4. The van der Waals surface area contributed by atoms with E-state index in [0.717, 1.165) is 12.1 Å². The molecule has 1 saturated carbocycles. The summed E-state index contributed by atoms with van der Waals surface area (Å²) in [5, 5.41) is 11.0. The topological polar surface area (TPSA) is 23.5 Å². The summed E-state index contributed by atoms with van der Waals surface area (Å²) in [4.78, 5) is 2.14. The van der Waals surface area contributed by atoms with E-state index in [1.807, 2.05) is 0 Å². The van der Waals surface area contributed by atoms with Gasteiger partial charge >= 0.3 is 0 Å². The van der Waals surface area contributed by atoms with Crippen molar-refractivity contribution in [3.05, 3.63) is 64.7 Å². The zero-order valence-electron chi connectivity index (χ0n) is 16.8. The molecule has 0 saturated heterocycles. The number of hydrogen-bond donors (Lipinski definition) is 1. The Morgan fingerprint density at radius 3 is 2.23 bits per heavy atom. The molecule has 0 radical (unpaired) electrons. The first-order valence-corrected chi connectivity index (χ1v) is 9.96. The summed E-state index contributed by atoms with van der Waals surface area (Å²) in [6, 6.07) is 15.2. The van der Waals surface area contributed by atoms with Crippen LogP contribution in [0, 0.1) is 0 Å². The summed E-state index contributed by atoms with van der Waals surface area (Å²) >= 11 is 0. The third-order valence-electron chi connectivity index (χ3n) is 5.97. The first-order valence-electron chi connectivity index (χ1n) is 9.96. The molecule has 0 unspecified atom stereocenters. The highest BCUT2D eigenvalue weighted by Crippen LogP contribution is 2.42. The number of phenolic OH excluding ortho intramolecular Hbond substituents is 1. The lowest BCUT2D eigenvalue weighted by atomic mass is 9.74. The second-order valence-corrected chi connectivity index (χ2v) is 8.64. The number of rotatable bonds is 5. The largest absolute Gasteiger partial charge is 0.507 e. The van der Waals surface area contributed by atoms with Crippen molar-refractivity contribution in [3.63, 3.8) is 0 Å². The monoisotopic (exact) mass is 351 g/mol. The number of aromatic hydroxyl groups is 1. The van der Waals surface area contributed by atoms with E-state index in [4.69, 9.17) is 0 Å². The van der Waals surface area contributed by atoms with Crippen LogP contribution in [-0.2, 0) is 12.0 Å². The lowest BCUT2D eigenvalue weighted by Gasteiger charge is -2.31. The van der Waals surface area contributed by atoms with Gasteiger partial charge in [0.15, 0.2) is 0 Å². The molecule has 1 fully saturated rings. The molecule has 0 spiro atoms. The predicted octanol–water partition coefficient (Wildman–Crippen LogP) is 5.83. The molecule has 1 aliphatic rings. The minimum Gasteiger partial charge on any atom is -0.507 e. The van der Waals surface area contributed by atoms with Gasteiger partial charge in [0.25, 0.3) is 0 Å². The second kappa shape index (κ2) is 7.84. The van der Waals surface area contributed by atoms with Crippen molar-refractivity contribution in [2.45, 2.75) is 63.8 Å². The fourth-order valence-electron chi connectivity index (χ4n) is 4.29. The number of benzene rings is 2. The summed E-state index contributed by atoms with van der Waals surface area (Å²) in [5.74, 6) is 1.02. The van der Waals surface area contributed by atoms with Crippen LogP contribution in [0.3, 0.4) is 0 Å². The summed E-state index contributed by atoms with van der Waals surface area (Å²) < 4.78 is 0. The van der Waals surface area contributed by atoms with Crippen molar-refractivity contribution < 1.29 is 5.11 Å². The van der Waals surface area contributed by atoms with Gasteiger partial charge in [-0.15, -0.1) is 0 Å². The molecule has 3 rings (SSSR count). The van der Waals surface area contributed by atoms with Gasteiger partial charge in [0.2, 0.25) is 0 Å². The van der Waals surface area contributed by atoms with Crippen molar-refractivity contribution >= 4 is 0 Å². The van der Waals surface area contributed by atoms with E-state index in [-0.39, 0.29) is 5.41 Å². The highest BCUT2D eigenvalue weighted by Gasteiger charge is 2.28. The normalized spacial score (nSPS) is 16.2. The molecule has 2 nitrogen and oxygen atoms in total. The maximum atomic E-state index is 11.0. The Morgan fingerprint density at radius 1 is 0.962 bits per heavy atom. The molecule has 2 aromatic carbocycles.